The van der Waals surface area contributed by atoms with Crippen LogP contribution in [0.4, 0.5) is 5.69 Å². The molecule has 0 aromatic heterocycles. The Balaban J connectivity index is 1.39. The van der Waals surface area contributed by atoms with E-state index in [4.69, 9.17) is 9.47 Å². The zero-order valence-corrected chi connectivity index (χ0v) is 21.0. The average molecular weight is 484 g/mol. The van der Waals surface area contributed by atoms with Crippen LogP contribution in [0.15, 0.2) is 103 Å². The van der Waals surface area contributed by atoms with Crippen molar-refractivity contribution in [3.63, 3.8) is 0 Å². The molecular formula is C34H29NO2. The first kappa shape index (κ1) is 22.0. The fraction of sp³-hybridized carbons (Fsp3) is 0.176. The van der Waals surface area contributed by atoms with Crippen molar-refractivity contribution in [2.75, 3.05) is 25.1 Å². The Morgan fingerprint density at radius 2 is 1.46 bits per heavy atom. The number of nitrogens with zero attached hydrogens (tertiary/aromatic N) is 1. The lowest BCUT2D eigenvalue weighted by atomic mass is 9.82. The van der Waals surface area contributed by atoms with Gasteiger partial charge < -0.3 is 14.4 Å². The highest BCUT2D eigenvalue weighted by Crippen LogP contribution is 2.45. The third-order valence-electron chi connectivity index (χ3n) is 7.93. The minimum atomic E-state index is -0.729. The molecule has 0 saturated carbocycles. The summed E-state index contributed by atoms with van der Waals surface area (Å²) in [7, 11) is 1.71. The van der Waals surface area contributed by atoms with Gasteiger partial charge in [-0.15, -0.1) is 0 Å². The van der Waals surface area contributed by atoms with Gasteiger partial charge in [-0.2, -0.15) is 0 Å². The molecule has 2 aliphatic rings. The normalized spacial score (nSPS) is 18.7. The maximum atomic E-state index is 7.03. The number of hydrogen-bond donors (Lipinski definition) is 0. The molecule has 37 heavy (non-hydrogen) atoms. The van der Waals surface area contributed by atoms with Crippen molar-refractivity contribution in [2.45, 2.75) is 18.4 Å². The monoisotopic (exact) mass is 483 g/mol. The average Bonchev–Trinajstić information content (AvgIpc) is 3.51. The highest BCUT2D eigenvalue weighted by molar-refractivity contribution is 5.94. The summed E-state index contributed by atoms with van der Waals surface area (Å²) in [5, 5.41) is 4.73. The molecule has 1 fully saturated rings. The van der Waals surface area contributed by atoms with Crippen LogP contribution in [0.25, 0.3) is 27.6 Å². The predicted octanol–water partition coefficient (Wildman–Crippen LogP) is 7.95. The van der Waals surface area contributed by atoms with Gasteiger partial charge in [0, 0.05) is 35.5 Å². The lowest BCUT2D eigenvalue weighted by Crippen LogP contribution is -2.34. The SMILES string of the molecule is COc1ccc2cc(C3(c4ccc(N5CCCC5)cc4)C=Cc4c(ccc5ccccc45)O3)ccc2c1. The van der Waals surface area contributed by atoms with E-state index < -0.39 is 5.60 Å². The molecule has 0 N–H and O–H groups in total. The molecule has 5 aromatic carbocycles. The van der Waals surface area contributed by atoms with E-state index in [1.807, 2.05) is 6.07 Å². The molecule has 1 saturated heterocycles. The maximum absolute atomic E-state index is 7.03. The summed E-state index contributed by atoms with van der Waals surface area (Å²) in [5.74, 6) is 1.77. The third-order valence-corrected chi connectivity index (χ3v) is 7.93. The van der Waals surface area contributed by atoms with Gasteiger partial charge in [0.1, 0.15) is 11.5 Å². The van der Waals surface area contributed by atoms with Crippen LogP contribution < -0.4 is 14.4 Å². The summed E-state index contributed by atoms with van der Waals surface area (Å²) in [6.07, 6.45) is 7.01. The molecule has 0 radical (unpaired) electrons. The Morgan fingerprint density at radius 1 is 0.730 bits per heavy atom. The van der Waals surface area contributed by atoms with Crippen LogP contribution in [-0.2, 0) is 5.60 Å². The Hall–Kier alpha value is -4.24. The van der Waals surface area contributed by atoms with E-state index in [0.29, 0.717) is 0 Å². The van der Waals surface area contributed by atoms with E-state index in [1.165, 1.54) is 29.3 Å². The van der Waals surface area contributed by atoms with Crippen LogP contribution in [-0.4, -0.2) is 20.2 Å². The van der Waals surface area contributed by atoms with Crippen molar-refractivity contribution in [3.8, 4) is 11.5 Å². The number of benzene rings is 5. The van der Waals surface area contributed by atoms with Gasteiger partial charge in [-0.3, -0.25) is 0 Å². The van der Waals surface area contributed by atoms with E-state index in [9.17, 15) is 0 Å². The van der Waals surface area contributed by atoms with Gasteiger partial charge in [0.2, 0.25) is 0 Å². The molecule has 3 heteroatoms. The molecule has 0 amide bonds. The lowest BCUT2D eigenvalue weighted by molar-refractivity contribution is 0.161. The highest BCUT2D eigenvalue weighted by atomic mass is 16.5. The zero-order chi connectivity index (χ0) is 24.8. The molecule has 5 aromatic rings. The molecule has 1 atom stereocenters. The molecule has 3 nitrogen and oxygen atoms in total. The van der Waals surface area contributed by atoms with Gasteiger partial charge in [-0.1, -0.05) is 60.7 Å². The van der Waals surface area contributed by atoms with E-state index in [0.717, 1.165) is 52.1 Å². The molecule has 7 rings (SSSR count). The van der Waals surface area contributed by atoms with Crippen LogP contribution in [0.3, 0.4) is 0 Å². The van der Waals surface area contributed by atoms with Crippen LogP contribution >= 0.6 is 0 Å². The zero-order valence-electron chi connectivity index (χ0n) is 21.0. The van der Waals surface area contributed by atoms with Crippen molar-refractivity contribution >= 4 is 33.3 Å². The standard InChI is InChI=1S/C34H29NO2/c1-36-30-16-9-25-22-28(11-8-26(25)23-30)34(27-12-14-29(15-13-27)35-20-4-5-21-35)19-18-32-31-7-3-2-6-24(31)10-17-33(32)37-34/h2-3,6-19,22-23H,4-5,20-21H2,1H3. The lowest BCUT2D eigenvalue weighted by Gasteiger charge is -2.37. The smallest absolute Gasteiger partial charge is 0.178 e. The minimum Gasteiger partial charge on any atom is -0.497 e. The highest BCUT2D eigenvalue weighted by Gasteiger charge is 2.37. The van der Waals surface area contributed by atoms with Gasteiger partial charge in [0.25, 0.3) is 0 Å². The summed E-state index contributed by atoms with van der Waals surface area (Å²) < 4.78 is 12.5. The topological polar surface area (TPSA) is 21.7 Å². The van der Waals surface area contributed by atoms with Gasteiger partial charge in [0.05, 0.1) is 7.11 Å². The van der Waals surface area contributed by atoms with Crippen molar-refractivity contribution in [1.29, 1.82) is 0 Å². The molecular weight excluding hydrogens is 454 g/mol. The number of fused-ring (bicyclic) bond motifs is 4. The Labute approximate surface area is 217 Å². The third kappa shape index (κ3) is 3.65. The Morgan fingerprint density at radius 3 is 2.30 bits per heavy atom. The van der Waals surface area contributed by atoms with E-state index >= 15 is 0 Å². The Bertz CT molecular complexity index is 1650. The summed E-state index contributed by atoms with van der Waals surface area (Å²) >= 11 is 0. The number of hydrogen-bond acceptors (Lipinski definition) is 3. The van der Waals surface area contributed by atoms with Gasteiger partial charge >= 0.3 is 0 Å². The van der Waals surface area contributed by atoms with Gasteiger partial charge in [-0.05, 0) is 82.9 Å². The molecule has 2 heterocycles. The van der Waals surface area contributed by atoms with Crippen LogP contribution in [0.1, 0.15) is 29.5 Å². The molecule has 182 valence electrons. The molecule has 0 bridgehead atoms. The van der Waals surface area contributed by atoms with Crippen molar-refractivity contribution in [3.05, 3.63) is 120 Å². The number of anilines is 1. The molecule has 0 spiro atoms. The van der Waals surface area contributed by atoms with Crippen molar-refractivity contribution in [1.82, 2.24) is 0 Å². The van der Waals surface area contributed by atoms with Crippen LogP contribution in [0.5, 0.6) is 11.5 Å². The number of rotatable bonds is 4. The number of methoxy groups -OCH3 is 1. The predicted molar refractivity (Wildman–Crippen MR) is 153 cm³/mol. The molecule has 0 aliphatic carbocycles. The fourth-order valence-electron chi connectivity index (χ4n) is 5.90. The van der Waals surface area contributed by atoms with E-state index in [-0.39, 0.29) is 0 Å². The first-order chi connectivity index (χ1) is 18.2. The molecule has 1 unspecified atom stereocenters. The van der Waals surface area contributed by atoms with Crippen LogP contribution in [0.2, 0.25) is 0 Å². The first-order valence-electron chi connectivity index (χ1n) is 13.1. The van der Waals surface area contributed by atoms with Gasteiger partial charge in [-0.25, -0.2) is 0 Å². The van der Waals surface area contributed by atoms with Gasteiger partial charge in [0.15, 0.2) is 5.60 Å². The summed E-state index contributed by atoms with van der Waals surface area (Å²) in [6, 6.07) is 34.6. The second kappa shape index (κ2) is 8.70. The minimum absolute atomic E-state index is 0.729. The quantitative estimate of drug-likeness (QED) is 0.259. The summed E-state index contributed by atoms with van der Waals surface area (Å²) in [6.45, 7) is 2.27. The van der Waals surface area contributed by atoms with Crippen molar-refractivity contribution < 1.29 is 9.47 Å². The van der Waals surface area contributed by atoms with E-state index in [2.05, 4.69) is 108 Å². The largest absolute Gasteiger partial charge is 0.497 e. The fourth-order valence-corrected chi connectivity index (χ4v) is 5.90. The maximum Gasteiger partial charge on any atom is 0.178 e. The first-order valence-corrected chi connectivity index (χ1v) is 13.1. The second-order valence-electron chi connectivity index (χ2n) is 10.0. The summed E-state index contributed by atoms with van der Waals surface area (Å²) in [4.78, 5) is 2.47. The van der Waals surface area contributed by atoms with Crippen molar-refractivity contribution in [2.24, 2.45) is 0 Å². The molecule has 2 aliphatic heterocycles. The van der Waals surface area contributed by atoms with Crippen LogP contribution in [0, 0.1) is 0 Å². The number of ether oxygens (including phenoxy) is 2. The summed E-state index contributed by atoms with van der Waals surface area (Å²) in [5.41, 5.74) is 3.92. The Kier molecular flexibility index (Phi) is 5.17. The van der Waals surface area contributed by atoms with E-state index in [1.54, 1.807) is 7.11 Å². The second-order valence-corrected chi connectivity index (χ2v) is 10.0.